The Hall–Kier alpha value is -3.41. The van der Waals surface area contributed by atoms with Gasteiger partial charge in [0.25, 0.3) is 5.56 Å². The van der Waals surface area contributed by atoms with Crippen LogP contribution in [0.5, 0.6) is 0 Å². The molecule has 0 saturated heterocycles. The highest BCUT2D eigenvalue weighted by Gasteiger charge is 2.25. The molecular weight excluding hydrogens is 348 g/mol. The van der Waals surface area contributed by atoms with Crippen LogP contribution in [-0.2, 0) is 13.6 Å². The molecule has 4 aromatic rings. The lowest BCUT2D eigenvalue weighted by Crippen LogP contribution is -2.16. The molecule has 5 rings (SSSR count). The second-order valence-corrected chi connectivity index (χ2v) is 6.75. The van der Waals surface area contributed by atoms with Gasteiger partial charge in [-0.05, 0) is 48.0 Å². The van der Waals surface area contributed by atoms with Gasteiger partial charge in [0.2, 0.25) is 0 Å². The van der Waals surface area contributed by atoms with Gasteiger partial charge in [-0.1, -0.05) is 0 Å². The lowest BCUT2D eigenvalue weighted by Gasteiger charge is -2.25. The maximum absolute atomic E-state index is 14.1. The van der Waals surface area contributed by atoms with Crippen LogP contribution in [0.4, 0.5) is 20.2 Å². The fraction of sp³-hybridized carbons (Fsp3) is 0.0952. The van der Waals surface area contributed by atoms with E-state index >= 15 is 0 Å². The van der Waals surface area contributed by atoms with Crippen LogP contribution in [-0.4, -0.2) is 9.55 Å². The normalized spacial score (nSPS) is 12.9. The van der Waals surface area contributed by atoms with E-state index in [1.165, 1.54) is 28.8 Å². The van der Waals surface area contributed by atoms with E-state index in [1.54, 1.807) is 31.4 Å². The minimum Gasteiger partial charge on any atom is -0.356 e. The SMILES string of the molecule is Cn1cc2c3c(c[nH]c3c1=O)CN(c1ccc(F)cc1)c1ccc(F)cc1-2. The average molecular weight is 363 g/mol. The first-order chi connectivity index (χ1) is 13.0. The summed E-state index contributed by atoms with van der Waals surface area (Å²) in [7, 11) is 1.68. The summed E-state index contributed by atoms with van der Waals surface area (Å²) < 4.78 is 29.0. The van der Waals surface area contributed by atoms with Gasteiger partial charge in [0, 0.05) is 47.3 Å². The molecule has 3 heterocycles. The minimum absolute atomic E-state index is 0.131. The van der Waals surface area contributed by atoms with E-state index in [-0.39, 0.29) is 17.2 Å². The number of rotatable bonds is 1. The third kappa shape index (κ3) is 2.30. The minimum atomic E-state index is -0.353. The van der Waals surface area contributed by atoms with E-state index in [0.717, 1.165) is 27.9 Å². The fourth-order valence-electron chi connectivity index (χ4n) is 3.83. The number of hydrogen-bond donors (Lipinski definition) is 1. The van der Waals surface area contributed by atoms with Crippen LogP contribution in [0, 0.1) is 11.6 Å². The number of H-pyrrole nitrogens is 1. The Balaban J connectivity index is 1.87. The predicted molar refractivity (Wildman–Crippen MR) is 101 cm³/mol. The van der Waals surface area contributed by atoms with Crippen LogP contribution in [0.25, 0.3) is 22.0 Å². The molecule has 134 valence electrons. The number of nitrogens with zero attached hydrogens (tertiary/aromatic N) is 2. The Morgan fingerprint density at radius 2 is 1.74 bits per heavy atom. The van der Waals surface area contributed by atoms with E-state index in [2.05, 4.69) is 4.98 Å². The molecule has 0 bridgehead atoms. The number of hydrogen-bond acceptors (Lipinski definition) is 2. The van der Waals surface area contributed by atoms with Crippen LogP contribution in [0.3, 0.4) is 0 Å². The van der Waals surface area contributed by atoms with Gasteiger partial charge < -0.3 is 14.5 Å². The molecule has 0 aliphatic carbocycles. The number of pyridine rings is 1. The molecule has 0 spiro atoms. The number of aromatic nitrogens is 2. The summed E-state index contributed by atoms with van der Waals surface area (Å²) in [6.07, 6.45) is 3.56. The number of aryl methyl sites for hydroxylation is 1. The third-order valence-corrected chi connectivity index (χ3v) is 5.09. The lowest BCUT2D eigenvalue weighted by atomic mass is 10.0. The van der Waals surface area contributed by atoms with Gasteiger partial charge in [0.1, 0.15) is 17.2 Å². The molecule has 0 saturated carbocycles. The second-order valence-electron chi connectivity index (χ2n) is 6.75. The Morgan fingerprint density at radius 3 is 2.52 bits per heavy atom. The highest BCUT2D eigenvalue weighted by molar-refractivity contribution is 6.02. The van der Waals surface area contributed by atoms with Gasteiger partial charge in [-0.15, -0.1) is 0 Å². The van der Waals surface area contributed by atoms with Gasteiger partial charge in [0.05, 0.1) is 6.54 Å². The van der Waals surface area contributed by atoms with Crippen molar-refractivity contribution in [1.29, 1.82) is 0 Å². The number of nitrogens with one attached hydrogen (secondary N) is 1. The van der Waals surface area contributed by atoms with Gasteiger partial charge in [0.15, 0.2) is 0 Å². The third-order valence-electron chi connectivity index (χ3n) is 5.09. The molecule has 2 aromatic heterocycles. The van der Waals surface area contributed by atoms with Crippen molar-refractivity contribution in [2.75, 3.05) is 4.90 Å². The standard InChI is InChI=1S/C21H15F2N3O/c1-25-11-17-16-8-14(23)4-7-18(16)26(15-5-2-13(22)3-6-15)10-12-9-24-20(19(12)17)21(25)27/h2-9,11,24H,10H2,1H3. The molecule has 0 amide bonds. The van der Waals surface area contributed by atoms with E-state index in [9.17, 15) is 13.6 Å². The Kier molecular flexibility index (Phi) is 3.25. The molecule has 2 aromatic carbocycles. The average Bonchev–Trinajstić information content (AvgIpc) is 3.02. The van der Waals surface area contributed by atoms with Crippen molar-refractivity contribution in [2.45, 2.75) is 6.54 Å². The zero-order chi connectivity index (χ0) is 18.7. The van der Waals surface area contributed by atoms with Crippen LogP contribution in [0.2, 0.25) is 0 Å². The van der Waals surface area contributed by atoms with Gasteiger partial charge in [-0.25, -0.2) is 8.78 Å². The molecule has 1 aliphatic rings. The van der Waals surface area contributed by atoms with E-state index in [0.29, 0.717) is 17.6 Å². The van der Waals surface area contributed by atoms with Gasteiger partial charge >= 0.3 is 0 Å². The number of benzene rings is 2. The van der Waals surface area contributed by atoms with Crippen LogP contribution >= 0.6 is 0 Å². The van der Waals surface area contributed by atoms with E-state index in [1.807, 2.05) is 11.1 Å². The van der Waals surface area contributed by atoms with Crippen molar-refractivity contribution in [3.05, 3.63) is 82.4 Å². The molecule has 6 heteroatoms. The first-order valence-corrected chi connectivity index (χ1v) is 8.55. The van der Waals surface area contributed by atoms with Gasteiger partial charge in [-0.3, -0.25) is 4.79 Å². The Bertz CT molecular complexity index is 1260. The lowest BCUT2D eigenvalue weighted by molar-refractivity contribution is 0.627. The quantitative estimate of drug-likeness (QED) is 0.542. The van der Waals surface area contributed by atoms with E-state index < -0.39 is 0 Å². The zero-order valence-corrected chi connectivity index (χ0v) is 14.5. The summed E-state index contributed by atoms with van der Waals surface area (Å²) in [5.74, 6) is -0.669. The summed E-state index contributed by atoms with van der Waals surface area (Å²) in [5.41, 5.74) is 4.38. The zero-order valence-electron chi connectivity index (χ0n) is 14.5. The molecule has 1 aliphatic heterocycles. The Labute approximate surface area is 153 Å². The highest BCUT2D eigenvalue weighted by Crippen LogP contribution is 2.43. The van der Waals surface area contributed by atoms with Gasteiger partial charge in [-0.2, -0.15) is 0 Å². The maximum Gasteiger partial charge on any atom is 0.274 e. The van der Waals surface area contributed by atoms with Crippen molar-refractivity contribution in [2.24, 2.45) is 7.05 Å². The van der Waals surface area contributed by atoms with E-state index in [4.69, 9.17) is 0 Å². The first kappa shape index (κ1) is 15.8. The molecule has 0 radical (unpaired) electrons. The number of anilines is 2. The topological polar surface area (TPSA) is 41.0 Å². The molecule has 0 fully saturated rings. The number of fused-ring (bicyclic) bond motifs is 2. The fourth-order valence-corrected chi connectivity index (χ4v) is 3.83. The largest absolute Gasteiger partial charge is 0.356 e. The molecule has 4 nitrogen and oxygen atoms in total. The van der Waals surface area contributed by atoms with Crippen LogP contribution in [0.1, 0.15) is 5.56 Å². The van der Waals surface area contributed by atoms with Crippen molar-refractivity contribution in [3.63, 3.8) is 0 Å². The smallest absolute Gasteiger partial charge is 0.274 e. The molecule has 0 unspecified atom stereocenters. The first-order valence-electron chi connectivity index (χ1n) is 8.55. The molecular formula is C21H15F2N3O. The summed E-state index contributed by atoms with van der Waals surface area (Å²) in [6.45, 7) is 0.477. The Morgan fingerprint density at radius 1 is 1.00 bits per heavy atom. The maximum atomic E-state index is 14.1. The summed E-state index contributed by atoms with van der Waals surface area (Å²) in [4.78, 5) is 17.6. The van der Waals surface area contributed by atoms with Crippen molar-refractivity contribution < 1.29 is 8.78 Å². The number of aromatic amines is 1. The van der Waals surface area contributed by atoms with Crippen LogP contribution in [0.15, 0.2) is 59.7 Å². The summed E-state index contributed by atoms with van der Waals surface area (Å²) in [6, 6.07) is 10.8. The summed E-state index contributed by atoms with van der Waals surface area (Å²) in [5, 5.41) is 0.801. The van der Waals surface area contributed by atoms with Crippen LogP contribution < -0.4 is 10.5 Å². The second kappa shape index (κ2) is 5.54. The van der Waals surface area contributed by atoms with Crippen molar-refractivity contribution in [1.82, 2.24) is 9.55 Å². The molecule has 0 atom stereocenters. The highest BCUT2D eigenvalue weighted by atomic mass is 19.1. The molecule has 27 heavy (non-hydrogen) atoms. The van der Waals surface area contributed by atoms with Crippen molar-refractivity contribution in [3.8, 4) is 11.1 Å². The monoisotopic (exact) mass is 363 g/mol. The summed E-state index contributed by atoms with van der Waals surface area (Å²) >= 11 is 0. The number of halogens is 2. The predicted octanol–water partition coefficient (Wildman–Crippen LogP) is 4.46. The van der Waals surface area contributed by atoms with Crippen molar-refractivity contribution >= 4 is 22.3 Å². The molecule has 1 N–H and O–H groups in total.